The molecule has 270 valence electrons. The first kappa shape index (κ1) is 35.7. The molecule has 52 heavy (non-hydrogen) atoms. The van der Waals surface area contributed by atoms with Crippen molar-refractivity contribution in [2.24, 2.45) is 11.5 Å². The van der Waals surface area contributed by atoms with Crippen LogP contribution < -0.4 is 26.0 Å². The quantitative estimate of drug-likeness (QED) is 0.135. The molecule has 6 rings (SSSR count). The first-order chi connectivity index (χ1) is 24.9. The van der Waals surface area contributed by atoms with Crippen LogP contribution in [0.15, 0.2) is 85.2 Å². The lowest BCUT2D eigenvalue weighted by atomic mass is 9.97. The first-order valence-electron chi connectivity index (χ1n) is 16.8. The zero-order chi connectivity index (χ0) is 36.9. The molecule has 1 atom stereocenters. The van der Waals surface area contributed by atoms with Gasteiger partial charge in [0.15, 0.2) is 0 Å². The Morgan fingerprint density at radius 3 is 2.42 bits per heavy atom. The Morgan fingerprint density at radius 1 is 0.904 bits per heavy atom. The number of benzene rings is 4. The third-order valence-electron chi connectivity index (χ3n) is 9.23. The highest BCUT2D eigenvalue weighted by Crippen LogP contribution is 2.39. The maximum atomic E-state index is 13.9. The Bertz CT molecular complexity index is 2080. The lowest BCUT2D eigenvalue weighted by molar-refractivity contribution is -0.118. The number of hydrogen-bond donors (Lipinski definition) is 4. The number of amides is 2. The van der Waals surface area contributed by atoms with Crippen LogP contribution in [-0.4, -0.2) is 64.4 Å². The Balaban J connectivity index is 1.32. The van der Waals surface area contributed by atoms with Gasteiger partial charge in [0.25, 0.3) is 0 Å². The van der Waals surface area contributed by atoms with Crippen molar-refractivity contribution in [3.8, 4) is 28.4 Å². The zero-order valence-corrected chi connectivity index (χ0v) is 28.6. The van der Waals surface area contributed by atoms with E-state index in [0.717, 1.165) is 28.8 Å². The van der Waals surface area contributed by atoms with Gasteiger partial charge in [-0.2, -0.15) is 0 Å². The standard InChI is InChI=1S/C39H40F2N6O5/c1-52-33-4-2-3-29(18-33)45-9-10-47(30(22-45)5-8-38(42)50)36-19-31(48)6-7-34(36)26-11-25(14-32(49)16-26)21-46-23-44-35(37(46)20-39(43)51)15-24-12-27(40)17-28(41)13-24/h2-4,6-7,11-14,16-19,23,30,48-49H,5,8-10,15,20-22H2,1H3,(H2,42,50)(H2,43,51). The van der Waals surface area contributed by atoms with Gasteiger partial charge in [-0.05, 0) is 77.7 Å². The summed E-state index contributed by atoms with van der Waals surface area (Å²) in [5.74, 6) is -1.66. The normalized spacial score (nSPS) is 14.4. The zero-order valence-electron chi connectivity index (χ0n) is 28.6. The van der Waals surface area contributed by atoms with E-state index in [4.69, 9.17) is 16.2 Å². The second-order valence-corrected chi connectivity index (χ2v) is 13.0. The number of halogens is 2. The number of primary amides is 2. The van der Waals surface area contributed by atoms with E-state index in [9.17, 15) is 28.6 Å². The minimum atomic E-state index is -0.718. The van der Waals surface area contributed by atoms with E-state index in [1.165, 1.54) is 18.5 Å². The molecule has 0 saturated carbocycles. The number of phenols is 2. The van der Waals surface area contributed by atoms with Gasteiger partial charge in [0.1, 0.15) is 28.9 Å². The molecule has 1 aromatic heterocycles. The highest BCUT2D eigenvalue weighted by atomic mass is 19.1. The molecule has 6 N–H and O–H groups in total. The fourth-order valence-electron chi connectivity index (χ4n) is 6.90. The maximum Gasteiger partial charge on any atom is 0.223 e. The van der Waals surface area contributed by atoms with Crippen molar-refractivity contribution in [2.45, 2.75) is 38.3 Å². The first-order valence-corrected chi connectivity index (χ1v) is 16.8. The summed E-state index contributed by atoms with van der Waals surface area (Å²) in [6.45, 7) is 1.98. The van der Waals surface area contributed by atoms with Gasteiger partial charge in [-0.15, -0.1) is 0 Å². The number of anilines is 2. The lowest BCUT2D eigenvalue weighted by Gasteiger charge is -2.44. The molecule has 1 fully saturated rings. The topological polar surface area (TPSA) is 160 Å². The number of phenolic OH excluding ortho intramolecular Hbond substituents is 2. The molecule has 2 heterocycles. The van der Waals surface area contributed by atoms with Crippen molar-refractivity contribution >= 4 is 23.2 Å². The number of nitrogens with two attached hydrogens (primary N) is 2. The molecule has 0 radical (unpaired) electrons. The fraction of sp³-hybridized carbons (Fsp3) is 0.256. The smallest absolute Gasteiger partial charge is 0.223 e. The van der Waals surface area contributed by atoms with E-state index in [-0.39, 0.29) is 43.3 Å². The van der Waals surface area contributed by atoms with Crippen LogP contribution in [0.4, 0.5) is 20.2 Å². The highest BCUT2D eigenvalue weighted by molar-refractivity contribution is 5.82. The summed E-state index contributed by atoms with van der Waals surface area (Å²) in [6.07, 6.45) is 2.10. The fourth-order valence-corrected chi connectivity index (χ4v) is 6.90. The van der Waals surface area contributed by atoms with Crippen LogP contribution in [0.5, 0.6) is 17.2 Å². The third-order valence-corrected chi connectivity index (χ3v) is 9.23. The van der Waals surface area contributed by atoms with Crippen molar-refractivity contribution in [3.63, 3.8) is 0 Å². The monoisotopic (exact) mass is 710 g/mol. The van der Waals surface area contributed by atoms with Crippen molar-refractivity contribution in [3.05, 3.63) is 119 Å². The molecular formula is C39H40F2N6O5. The summed E-state index contributed by atoms with van der Waals surface area (Å²) in [5, 5.41) is 21.6. The number of nitrogens with zero attached hydrogens (tertiary/aromatic N) is 4. The predicted octanol–water partition coefficient (Wildman–Crippen LogP) is 4.88. The number of methoxy groups -OCH3 is 1. The van der Waals surface area contributed by atoms with Crippen LogP contribution in [0.1, 0.15) is 35.4 Å². The van der Waals surface area contributed by atoms with Crippen molar-refractivity contribution in [2.75, 3.05) is 36.5 Å². The van der Waals surface area contributed by atoms with Gasteiger partial charge >= 0.3 is 0 Å². The van der Waals surface area contributed by atoms with E-state index in [2.05, 4.69) is 14.8 Å². The van der Waals surface area contributed by atoms with Crippen LogP contribution in [0.3, 0.4) is 0 Å². The SMILES string of the molecule is COc1cccc(N2CCN(c3cc(O)ccc3-c3cc(O)cc(Cn4cnc(Cc5cc(F)cc(F)c5)c4CC(N)=O)c3)C(CCC(N)=O)C2)c1. The van der Waals surface area contributed by atoms with E-state index in [1.54, 1.807) is 42.0 Å². The van der Waals surface area contributed by atoms with Gasteiger partial charge in [0.2, 0.25) is 11.8 Å². The number of aromatic hydroxyl groups is 2. The van der Waals surface area contributed by atoms with Gasteiger partial charge < -0.3 is 40.8 Å². The van der Waals surface area contributed by atoms with Crippen molar-refractivity contribution < 1.29 is 33.3 Å². The number of piperazine rings is 1. The Hall–Kier alpha value is -6.11. The molecule has 11 nitrogen and oxygen atoms in total. The molecule has 1 aliphatic heterocycles. The molecule has 4 aromatic carbocycles. The number of rotatable bonds is 13. The molecule has 2 amide bonds. The van der Waals surface area contributed by atoms with Crippen molar-refractivity contribution in [1.82, 2.24) is 9.55 Å². The molecule has 1 saturated heterocycles. The summed E-state index contributed by atoms with van der Waals surface area (Å²) < 4.78 is 35.0. The summed E-state index contributed by atoms with van der Waals surface area (Å²) in [5.41, 5.74) is 16.2. The van der Waals surface area contributed by atoms with Gasteiger partial charge in [-0.3, -0.25) is 9.59 Å². The average molecular weight is 711 g/mol. The Labute approximate surface area is 299 Å². The summed E-state index contributed by atoms with van der Waals surface area (Å²) in [4.78, 5) is 32.9. The Kier molecular flexibility index (Phi) is 10.6. The van der Waals surface area contributed by atoms with Crippen LogP contribution >= 0.6 is 0 Å². The number of carbonyl (C=O) groups excluding carboxylic acids is 2. The van der Waals surface area contributed by atoms with Gasteiger partial charge in [0, 0.05) is 80.2 Å². The van der Waals surface area contributed by atoms with Gasteiger partial charge in [-0.1, -0.05) is 6.07 Å². The maximum absolute atomic E-state index is 13.9. The van der Waals surface area contributed by atoms with Crippen LogP contribution in [0.2, 0.25) is 0 Å². The van der Waals surface area contributed by atoms with E-state index in [1.807, 2.05) is 30.3 Å². The molecule has 0 spiro atoms. The average Bonchev–Trinajstić information content (AvgIpc) is 3.45. The number of imidazole rings is 1. The molecular weight excluding hydrogens is 670 g/mol. The molecule has 1 unspecified atom stereocenters. The summed E-state index contributed by atoms with van der Waals surface area (Å²) >= 11 is 0. The largest absolute Gasteiger partial charge is 0.508 e. The molecule has 5 aromatic rings. The van der Waals surface area contributed by atoms with Crippen LogP contribution in [-0.2, 0) is 29.0 Å². The highest BCUT2D eigenvalue weighted by Gasteiger charge is 2.30. The number of hydrogen-bond acceptors (Lipinski definition) is 8. The van der Waals surface area contributed by atoms with Crippen LogP contribution in [0.25, 0.3) is 11.1 Å². The molecule has 0 bridgehead atoms. The van der Waals surface area contributed by atoms with Gasteiger partial charge in [-0.25, -0.2) is 13.8 Å². The Morgan fingerprint density at radius 2 is 1.69 bits per heavy atom. The summed E-state index contributed by atoms with van der Waals surface area (Å²) in [6, 6.07) is 21.0. The van der Waals surface area contributed by atoms with E-state index < -0.39 is 23.4 Å². The van der Waals surface area contributed by atoms with Gasteiger partial charge in [0.05, 0.1) is 31.2 Å². The van der Waals surface area contributed by atoms with Crippen LogP contribution in [0, 0.1) is 11.6 Å². The molecule has 0 aliphatic carbocycles. The van der Waals surface area contributed by atoms with E-state index >= 15 is 0 Å². The van der Waals surface area contributed by atoms with Crippen molar-refractivity contribution in [1.29, 1.82) is 0 Å². The predicted molar refractivity (Wildman–Crippen MR) is 193 cm³/mol. The van der Waals surface area contributed by atoms with E-state index in [0.29, 0.717) is 54.1 Å². The second kappa shape index (κ2) is 15.4. The minimum Gasteiger partial charge on any atom is -0.508 e. The lowest BCUT2D eigenvalue weighted by Crippen LogP contribution is -2.54. The number of carbonyl (C=O) groups is 2. The molecule has 13 heteroatoms. The second-order valence-electron chi connectivity index (χ2n) is 13.0. The summed E-state index contributed by atoms with van der Waals surface area (Å²) in [7, 11) is 1.62. The minimum absolute atomic E-state index is 0.00771. The molecule has 1 aliphatic rings. The number of aromatic nitrogens is 2. The third kappa shape index (κ3) is 8.43. The number of ether oxygens (including phenoxy) is 1.